The first-order chi connectivity index (χ1) is 15.6. The Morgan fingerprint density at radius 1 is 0.969 bits per heavy atom. The molecule has 0 aliphatic carbocycles. The van der Waals surface area contributed by atoms with E-state index >= 15 is 0 Å². The second-order valence-corrected chi connectivity index (χ2v) is 8.18. The van der Waals surface area contributed by atoms with Gasteiger partial charge in [-0.3, -0.25) is 0 Å². The van der Waals surface area contributed by atoms with Crippen molar-refractivity contribution in [1.29, 1.82) is 0 Å². The van der Waals surface area contributed by atoms with Gasteiger partial charge in [0, 0.05) is 36.3 Å². The largest absolute Gasteiger partial charge is 0.497 e. The van der Waals surface area contributed by atoms with E-state index in [0.29, 0.717) is 11.9 Å². The van der Waals surface area contributed by atoms with Gasteiger partial charge in [-0.2, -0.15) is 0 Å². The van der Waals surface area contributed by atoms with Gasteiger partial charge in [0.05, 0.1) is 12.8 Å². The first-order valence-corrected chi connectivity index (χ1v) is 11.5. The standard InChI is InChI=1S/C27H35N3O2/c1-6-20(19-30(4)24(7-2)8-3)27(29-32-26-11-9-10-16-28-26)23-13-12-22-18-25(31-5)15-14-21(22)17-23/h9-18,20,24H,6-8,19H2,1-5H3/b29-27+. The molecule has 2 aromatic carbocycles. The molecule has 5 nitrogen and oxygen atoms in total. The van der Waals surface area contributed by atoms with E-state index in [4.69, 9.17) is 9.57 Å². The van der Waals surface area contributed by atoms with Crippen LogP contribution in [0, 0.1) is 5.92 Å². The van der Waals surface area contributed by atoms with Crippen LogP contribution in [0.3, 0.4) is 0 Å². The van der Waals surface area contributed by atoms with Gasteiger partial charge in [-0.1, -0.05) is 50.2 Å². The minimum absolute atomic E-state index is 0.236. The van der Waals surface area contributed by atoms with E-state index in [1.807, 2.05) is 24.3 Å². The van der Waals surface area contributed by atoms with Gasteiger partial charge in [0.15, 0.2) is 0 Å². The number of ether oxygens (including phenoxy) is 1. The number of fused-ring (bicyclic) bond motifs is 1. The predicted molar refractivity (Wildman–Crippen MR) is 133 cm³/mol. The van der Waals surface area contributed by atoms with Crippen molar-refractivity contribution in [3.8, 4) is 11.6 Å². The highest BCUT2D eigenvalue weighted by atomic mass is 16.6. The van der Waals surface area contributed by atoms with E-state index in [9.17, 15) is 0 Å². The fourth-order valence-corrected chi connectivity index (χ4v) is 4.19. The Labute approximate surface area is 192 Å². The van der Waals surface area contributed by atoms with Crippen LogP contribution in [-0.2, 0) is 0 Å². The van der Waals surface area contributed by atoms with Gasteiger partial charge in [-0.05, 0) is 61.3 Å². The molecule has 0 amide bonds. The van der Waals surface area contributed by atoms with Crippen molar-refractivity contribution in [1.82, 2.24) is 9.88 Å². The Morgan fingerprint density at radius 3 is 2.38 bits per heavy atom. The molecular weight excluding hydrogens is 398 g/mol. The van der Waals surface area contributed by atoms with Crippen LogP contribution in [0.15, 0.2) is 65.9 Å². The Hall–Kier alpha value is -2.92. The summed E-state index contributed by atoms with van der Waals surface area (Å²) in [5.41, 5.74) is 2.03. The Morgan fingerprint density at radius 2 is 1.72 bits per heavy atom. The zero-order chi connectivity index (χ0) is 22.9. The van der Waals surface area contributed by atoms with E-state index in [0.717, 1.165) is 53.6 Å². The van der Waals surface area contributed by atoms with E-state index in [1.54, 1.807) is 13.3 Å². The molecule has 3 rings (SSSR count). The highest BCUT2D eigenvalue weighted by molar-refractivity contribution is 6.04. The molecule has 5 heteroatoms. The lowest BCUT2D eigenvalue weighted by atomic mass is 9.92. The molecule has 32 heavy (non-hydrogen) atoms. The molecule has 0 aliphatic heterocycles. The van der Waals surface area contributed by atoms with E-state index in [-0.39, 0.29) is 5.92 Å². The SMILES string of the molecule is CCC(CN(C)C(CC)CC)/C(=N\Oc1ccccn1)c1ccc2cc(OC)ccc2c1. The van der Waals surface area contributed by atoms with E-state index < -0.39 is 0 Å². The highest BCUT2D eigenvalue weighted by Crippen LogP contribution is 2.25. The normalized spacial score (nSPS) is 13.0. The molecule has 0 saturated heterocycles. The van der Waals surface area contributed by atoms with Crippen molar-refractivity contribution < 1.29 is 9.57 Å². The maximum Gasteiger partial charge on any atom is 0.248 e. The molecule has 1 heterocycles. The smallest absolute Gasteiger partial charge is 0.248 e. The van der Waals surface area contributed by atoms with Crippen LogP contribution in [0.1, 0.15) is 45.6 Å². The van der Waals surface area contributed by atoms with Crippen LogP contribution in [0.5, 0.6) is 11.6 Å². The summed E-state index contributed by atoms with van der Waals surface area (Å²) in [5.74, 6) is 1.59. The van der Waals surface area contributed by atoms with E-state index in [1.165, 1.54) is 0 Å². The van der Waals surface area contributed by atoms with Crippen LogP contribution in [-0.4, -0.2) is 42.3 Å². The van der Waals surface area contributed by atoms with Crippen molar-refractivity contribution in [3.05, 3.63) is 66.4 Å². The van der Waals surface area contributed by atoms with Gasteiger partial charge in [0.2, 0.25) is 5.88 Å². The number of hydrogen-bond acceptors (Lipinski definition) is 5. The average molecular weight is 434 g/mol. The van der Waals surface area contributed by atoms with Crippen molar-refractivity contribution in [2.45, 2.75) is 46.1 Å². The fourth-order valence-electron chi connectivity index (χ4n) is 4.19. The minimum Gasteiger partial charge on any atom is -0.497 e. The predicted octanol–water partition coefficient (Wildman–Crippen LogP) is 6.17. The maximum absolute atomic E-state index is 5.79. The van der Waals surface area contributed by atoms with Crippen LogP contribution in [0.2, 0.25) is 0 Å². The first-order valence-electron chi connectivity index (χ1n) is 11.5. The molecule has 3 aromatic rings. The first kappa shape index (κ1) is 23.7. The summed E-state index contributed by atoms with van der Waals surface area (Å²) in [4.78, 5) is 12.5. The lowest BCUT2D eigenvalue weighted by Crippen LogP contribution is -2.37. The molecule has 1 atom stereocenters. The van der Waals surface area contributed by atoms with Crippen LogP contribution >= 0.6 is 0 Å². The molecule has 170 valence electrons. The Bertz CT molecular complexity index is 1020. The molecule has 1 aromatic heterocycles. The summed E-state index contributed by atoms with van der Waals surface area (Å²) in [6, 6.07) is 18.7. The van der Waals surface area contributed by atoms with Crippen molar-refractivity contribution in [3.63, 3.8) is 0 Å². The van der Waals surface area contributed by atoms with Crippen LogP contribution < -0.4 is 9.57 Å². The number of pyridine rings is 1. The second-order valence-electron chi connectivity index (χ2n) is 8.18. The van der Waals surface area contributed by atoms with Crippen LogP contribution in [0.25, 0.3) is 10.8 Å². The van der Waals surface area contributed by atoms with Crippen molar-refractivity contribution >= 4 is 16.5 Å². The zero-order valence-electron chi connectivity index (χ0n) is 19.9. The third kappa shape index (κ3) is 5.86. The molecule has 0 radical (unpaired) electrons. The number of methoxy groups -OCH3 is 1. The van der Waals surface area contributed by atoms with Gasteiger partial charge >= 0.3 is 0 Å². The third-order valence-corrected chi connectivity index (χ3v) is 6.17. The molecule has 0 bridgehead atoms. The van der Waals surface area contributed by atoms with Gasteiger partial charge in [-0.25, -0.2) is 4.98 Å². The average Bonchev–Trinajstić information content (AvgIpc) is 2.84. The van der Waals surface area contributed by atoms with Crippen molar-refractivity contribution in [2.24, 2.45) is 11.1 Å². The van der Waals surface area contributed by atoms with Gasteiger partial charge in [-0.15, -0.1) is 0 Å². The number of hydrogen-bond donors (Lipinski definition) is 0. The number of rotatable bonds is 11. The van der Waals surface area contributed by atoms with Gasteiger partial charge in [0.25, 0.3) is 0 Å². The molecule has 0 saturated carbocycles. The third-order valence-electron chi connectivity index (χ3n) is 6.17. The zero-order valence-corrected chi connectivity index (χ0v) is 19.9. The quantitative estimate of drug-likeness (QED) is 0.268. The summed E-state index contributed by atoms with van der Waals surface area (Å²) in [6.45, 7) is 7.65. The summed E-state index contributed by atoms with van der Waals surface area (Å²) in [7, 11) is 3.90. The molecule has 0 fully saturated rings. The van der Waals surface area contributed by atoms with Gasteiger partial charge in [0.1, 0.15) is 5.75 Å². The highest BCUT2D eigenvalue weighted by Gasteiger charge is 2.22. The molecular formula is C27H35N3O2. The summed E-state index contributed by atoms with van der Waals surface area (Å²) in [5, 5.41) is 6.93. The number of oxime groups is 1. The Kier molecular flexibility index (Phi) is 8.63. The lowest BCUT2D eigenvalue weighted by molar-refractivity contribution is 0.210. The maximum atomic E-state index is 5.79. The second kappa shape index (κ2) is 11.6. The fraction of sp³-hybridized carbons (Fsp3) is 0.407. The van der Waals surface area contributed by atoms with Crippen LogP contribution in [0.4, 0.5) is 0 Å². The molecule has 0 N–H and O–H groups in total. The summed E-state index contributed by atoms with van der Waals surface area (Å²) >= 11 is 0. The number of nitrogens with zero attached hydrogens (tertiary/aromatic N) is 3. The monoisotopic (exact) mass is 433 g/mol. The van der Waals surface area contributed by atoms with Crippen molar-refractivity contribution in [2.75, 3.05) is 20.7 Å². The molecule has 1 unspecified atom stereocenters. The minimum atomic E-state index is 0.236. The van der Waals surface area contributed by atoms with Gasteiger partial charge < -0.3 is 14.5 Å². The van der Waals surface area contributed by atoms with E-state index in [2.05, 4.69) is 73.2 Å². The molecule has 0 spiro atoms. The number of aromatic nitrogens is 1. The lowest BCUT2D eigenvalue weighted by Gasteiger charge is -2.30. The molecule has 0 aliphatic rings. The summed E-state index contributed by atoms with van der Waals surface area (Å²) < 4.78 is 5.37. The summed E-state index contributed by atoms with van der Waals surface area (Å²) in [6.07, 6.45) is 4.96. The Balaban J connectivity index is 1.98. The topological polar surface area (TPSA) is 47.0 Å². The number of benzene rings is 2.